The van der Waals surface area contributed by atoms with Crippen molar-refractivity contribution in [2.75, 3.05) is 65.6 Å². The Kier molecular flexibility index (Phi) is 10.3. The smallest absolute Gasteiger partial charge is 0.346 e. The molecule has 0 saturated carbocycles. The predicted molar refractivity (Wildman–Crippen MR) is 132 cm³/mol. The lowest BCUT2D eigenvalue weighted by Crippen LogP contribution is -2.54. The van der Waals surface area contributed by atoms with E-state index in [1.165, 1.54) is 0 Å². The van der Waals surface area contributed by atoms with Gasteiger partial charge in [-0.3, -0.25) is 9.36 Å². The lowest BCUT2D eigenvalue weighted by Gasteiger charge is -2.46. The molecular formula is C20H41B2N4O6P. The van der Waals surface area contributed by atoms with Crippen molar-refractivity contribution in [3.63, 3.8) is 0 Å². The molecule has 6 atom stereocenters. The number of hydrogen-bond donors (Lipinski definition) is 1. The fraction of sp³-hybridized carbons (Fsp3) is 0.950. The molecule has 3 aliphatic rings. The molecule has 6 unspecified atom stereocenters. The largest absolute Gasteiger partial charge is 0.379 e. The number of carbonyl (C=O) groups is 1. The minimum absolute atomic E-state index is 0.0447. The van der Waals surface area contributed by atoms with E-state index < -0.39 is 7.67 Å². The van der Waals surface area contributed by atoms with Gasteiger partial charge in [-0.25, -0.2) is 9.34 Å². The molecule has 0 aromatic rings. The van der Waals surface area contributed by atoms with Gasteiger partial charge in [0, 0.05) is 71.3 Å². The monoisotopic (exact) mass is 486 g/mol. The first kappa shape index (κ1) is 27.1. The van der Waals surface area contributed by atoms with Crippen LogP contribution in [-0.2, 0) is 28.1 Å². The third-order valence-electron chi connectivity index (χ3n) is 6.52. The highest BCUT2D eigenvalue weighted by molar-refractivity contribution is 7.54. The molecule has 188 valence electrons. The van der Waals surface area contributed by atoms with E-state index in [1.54, 1.807) is 11.8 Å². The minimum Gasteiger partial charge on any atom is -0.379 e. The van der Waals surface area contributed by atoms with Crippen molar-refractivity contribution in [2.24, 2.45) is 0 Å². The molecule has 3 aliphatic heterocycles. The van der Waals surface area contributed by atoms with Crippen LogP contribution in [0.15, 0.2) is 0 Å². The van der Waals surface area contributed by atoms with Gasteiger partial charge in [0.1, 0.15) is 15.7 Å². The minimum atomic E-state index is -3.36. The Morgan fingerprint density at radius 3 is 2.39 bits per heavy atom. The van der Waals surface area contributed by atoms with Gasteiger partial charge in [-0.15, -0.1) is 0 Å². The standard InChI is InChI=1S/C20H41B2N4O6P/c1-4-15(2)29-13-18-11-26(12-20(22)32-18)33(28,25-7-5-24(6-8-25)16(3)27)30-14-17-9-23-10-19(21)31-17/h15,17-20,23H,4-14,21-22H2,1-3H3. The number of nitrogens with zero attached hydrogens (tertiary/aromatic N) is 3. The first-order valence-corrected chi connectivity index (χ1v) is 13.9. The van der Waals surface area contributed by atoms with Gasteiger partial charge >= 0.3 is 7.67 Å². The molecule has 0 bridgehead atoms. The zero-order chi connectivity index (χ0) is 24.0. The fourth-order valence-electron chi connectivity index (χ4n) is 4.47. The van der Waals surface area contributed by atoms with Crippen LogP contribution in [0.1, 0.15) is 27.2 Å². The van der Waals surface area contributed by atoms with Gasteiger partial charge in [-0.2, -0.15) is 0 Å². The summed E-state index contributed by atoms with van der Waals surface area (Å²) in [6.07, 6.45) is 0.760. The van der Waals surface area contributed by atoms with Crippen molar-refractivity contribution in [3.8, 4) is 0 Å². The van der Waals surface area contributed by atoms with Gasteiger partial charge in [0.25, 0.3) is 0 Å². The zero-order valence-electron chi connectivity index (χ0n) is 20.9. The molecule has 0 radical (unpaired) electrons. The molecule has 0 aromatic carbocycles. The van der Waals surface area contributed by atoms with Crippen LogP contribution < -0.4 is 5.32 Å². The SMILES string of the molecule is BC1CNCC(COP(=O)(N2CCN(C(C)=O)CC2)N2CC(B)OC(COC(C)CC)C2)O1. The van der Waals surface area contributed by atoms with Crippen LogP contribution in [0.25, 0.3) is 0 Å². The summed E-state index contributed by atoms with van der Waals surface area (Å²) in [5, 5.41) is 3.34. The lowest BCUT2D eigenvalue weighted by molar-refractivity contribution is -0.130. The molecule has 1 amide bonds. The summed E-state index contributed by atoms with van der Waals surface area (Å²) < 4.78 is 42.7. The van der Waals surface area contributed by atoms with Gasteiger partial charge in [0.2, 0.25) is 5.91 Å². The number of ether oxygens (including phenoxy) is 3. The second-order valence-electron chi connectivity index (χ2n) is 9.47. The summed E-state index contributed by atoms with van der Waals surface area (Å²) in [5.41, 5.74) is 0. The average molecular weight is 486 g/mol. The van der Waals surface area contributed by atoms with Crippen LogP contribution in [0.4, 0.5) is 0 Å². The molecule has 1 N–H and O–H groups in total. The molecule has 13 heteroatoms. The predicted octanol–water partition coefficient (Wildman–Crippen LogP) is -1.30. The van der Waals surface area contributed by atoms with Gasteiger partial charge in [0.15, 0.2) is 0 Å². The normalized spacial score (nSPS) is 32.9. The molecule has 33 heavy (non-hydrogen) atoms. The van der Waals surface area contributed by atoms with Crippen LogP contribution in [0.2, 0.25) is 0 Å². The quantitative estimate of drug-likeness (QED) is 0.316. The molecule has 0 aliphatic carbocycles. The summed E-state index contributed by atoms with van der Waals surface area (Å²) in [4.78, 5) is 13.6. The van der Waals surface area contributed by atoms with Crippen molar-refractivity contribution in [1.29, 1.82) is 0 Å². The summed E-state index contributed by atoms with van der Waals surface area (Å²) in [5.74, 6) is 0.0447. The maximum absolute atomic E-state index is 14.6. The van der Waals surface area contributed by atoms with E-state index in [0.29, 0.717) is 52.4 Å². The number of morpholine rings is 2. The third kappa shape index (κ3) is 7.51. The van der Waals surface area contributed by atoms with Gasteiger partial charge in [0.05, 0.1) is 31.5 Å². The van der Waals surface area contributed by atoms with Crippen molar-refractivity contribution < 1.29 is 28.1 Å². The molecule has 3 rings (SSSR count). The van der Waals surface area contributed by atoms with E-state index in [9.17, 15) is 9.36 Å². The van der Waals surface area contributed by atoms with Crippen LogP contribution in [0.3, 0.4) is 0 Å². The molecule has 3 fully saturated rings. The molecule has 3 heterocycles. The van der Waals surface area contributed by atoms with Gasteiger partial charge < -0.3 is 29.0 Å². The van der Waals surface area contributed by atoms with Crippen LogP contribution >= 0.6 is 7.67 Å². The highest BCUT2D eigenvalue weighted by atomic mass is 31.2. The Morgan fingerprint density at radius 1 is 1.06 bits per heavy atom. The summed E-state index contributed by atoms with van der Waals surface area (Å²) in [7, 11) is 0.658. The van der Waals surface area contributed by atoms with Gasteiger partial charge in [-0.1, -0.05) is 6.92 Å². The highest BCUT2D eigenvalue weighted by Crippen LogP contribution is 2.55. The van der Waals surface area contributed by atoms with E-state index in [4.69, 9.17) is 18.7 Å². The van der Waals surface area contributed by atoms with E-state index >= 15 is 0 Å². The molecule has 10 nitrogen and oxygen atoms in total. The van der Waals surface area contributed by atoms with Crippen LogP contribution in [-0.4, -0.2) is 132 Å². The van der Waals surface area contributed by atoms with Crippen molar-refractivity contribution in [2.45, 2.75) is 57.5 Å². The number of amides is 1. The van der Waals surface area contributed by atoms with E-state index in [2.05, 4.69) is 12.2 Å². The fourth-order valence-corrected chi connectivity index (χ4v) is 7.02. The molecule has 0 spiro atoms. The maximum Gasteiger partial charge on any atom is 0.346 e. The van der Waals surface area contributed by atoms with Crippen LogP contribution in [0, 0.1) is 0 Å². The number of rotatable bonds is 9. The highest BCUT2D eigenvalue weighted by Gasteiger charge is 2.45. The summed E-state index contributed by atoms with van der Waals surface area (Å²) in [6, 6.07) is 0.00340. The Hall–Kier alpha value is -0.450. The van der Waals surface area contributed by atoms with Crippen molar-refractivity contribution >= 4 is 29.3 Å². The topological polar surface area (TPSA) is 92.8 Å². The average Bonchev–Trinajstić information content (AvgIpc) is 2.80. The second kappa shape index (κ2) is 12.5. The second-order valence-corrected chi connectivity index (χ2v) is 11.8. The maximum atomic E-state index is 14.6. The Morgan fingerprint density at radius 2 is 1.76 bits per heavy atom. The number of nitrogens with one attached hydrogen (secondary N) is 1. The van der Waals surface area contributed by atoms with E-state index in [0.717, 1.165) is 13.0 Å². The van der Waals surface area contributed by atoms with Crippen LogP contribution in [0.5, 0.6) is 0 Å². The molecule has 3 saturated heterocycles. The van der Waals surface area contributed by atoms with E-state index in [-0.39, 0.29) is 42.8 Å². The Balaban J connectivity index is 1.72. The summed E-state index contributed by atoms with van der Waals surface area (Å²) >= 11 is 0. The van der Waals surface area contributed by atoms with Crippen molar-refractivity contribution in [1.82, 2.24) is 19.6 Å². The third-order valence-corrected chi connectivity index (χ3v) is 9.16. The lowest BCUT2D eigenvalue weighted by atomic mass is 9.98. The van der Waals surface area contributed by atoms with Gasteiger partial charge in [-0.05, 0) is 13.3 Å². The number of hydrogen-bond acceptors (Lipinski definition) is 7. The zero-order valence-corrected chi connectivity index (χ0v) is 21.8. The van der Waals surface area contributed by atoms with E-state index in [1.807, 2.05) is 32.0 Å². The Bertz CT molecular complexity index is 687. The Labute approximate surface area is 200 Å². The first-order chi connectivity index (χ1) is 15.7. The molecular weight excluding hydrogens is 445 g/mol. The number of carbonyl (C=O) groups excluding carboxylic acids is 1. The molecule has 0 aromatic heterocycles. The number of piperazine rings is 1. The summed E-state index contributed by atoms with van der Waals surface area (Å²) in [6.45, 7) is 11.0. The van der Waals surface area contributed by atoms with Crippen molar-refractivity contribution in [3.05, 3.63) is 0 Å². The first-order valence-electron chi connectivity index (χ1n) is 12.4.